The molecule has 2 saturated heterocycles. The van der Waals surface area contributed by atoms with E-state index in [1.807, 2.05) is 0 Å². The van der Waals surface area contributed by atoms with E-state index in [9.17, 15) is 19.8 Å². The first-order chi connectivity index (χ1) is 17.4. The SMILES string of the molecule is COC(=O)N1CCC(CC#Cc2nc(N)c3ncn([C@@H]4O[C@H](C(=O)NC5CC5)C(O)[C@@H]4O)c3n2)CC1. The largest absolute Gasteiger partial charge is 0.453 e. The van der Waals surface area contributed by atoms with E-state index in [1.165, 1.54) is 18.0 Å². The fourth-order valence-electron chi connectivity index (χ4n) is 4.52. The van der Waals surface area contributed by atoms with Crippen molar-refractivity contribution in [2.75, 3.05) is 25.9 Å². The number of aliphatic hydroxyl groups is 2. The van der Waals surface area contributed by atoms with Crippen LogP contribution in [0, 0.1) is 17.8 Å². The van der Waals surface area contributed by atoms with Gasteiger partial charge in [-0.15, -0.1) is 0 Å². The zero-order chi connectivity index (χ0) is 25.4. The lowest BCUT2D eigenvalue weighted by Crippen LogP contribution is -2.43. The first-order valence-corrected chi connectivity index (χ1v) is 12.0. The van der Waals surface area contributed by atoms with E-state index in [0.717, 1.165) is 25.7 Å². The lowest BCUT2D eigenvalue weighted by Gasteiger charge is -2.29. The van der Waals surface area contributed by atoms with Gasteiger partial charge < -0.3 is 35.6 Å². The fraction of sp³-hybridized carbons (Fsp3) is 0.609. The van der Waals surface area contributed by atoms with Crippen LogP contribution in [0.5, 0.6) is 0 Å². The minimum atomic E-state index is -1.41. The minimum absolute atomic E-state index is 0.0904. The van der Waals surface area contributed by atoms with Crippen molar-refractivity contribution in [3.8, 4) is 11.8 Å². The second-order valence-corrected chi connectivity index (χ2v) is 9.37. The van der Waals surface area contributed by atoms with Crippen molar-refractivity contribution in [2.24, 2.45) is 5.92 Å². The number of fused-ring (bicyclic) bond motifs is 1. The van der Waals surface area contributed by atoms with Crippen molar-refractivity contribution in [2.45, 2.75) is 62.7 Å². The average Bonchev–Trinajstić information content (AvgIpc) is 3.51. The Morgan fingerprint density at radius 3 is 2.67 bits per heavy atom. The maximum atomic E-state index is 12.4. The highest BCUT2D eigenvalue weighted by molar-refractivity contribution is 5.83. The van der Waals surface area contributed by atoms with Crippen LogP contribution in [0.4, 0.5) is 10.6 Å². The Labute approximate surface area is 207 Å². The molecule has 5 rings (SSSR count). The number of carbonyl (C=O) groups is 2. The molecule has 0 radical (unpaired) electrons. The second-order valence-electron chi connectivity index (χ2n) is 9.37. The van der Waals surface area contributed by atoms with Gasteiger partial charge in [-0.05, 0) is 37.5 Å². The molecule has 4 heterocycles. The lowest BCUT2D eigenvalue weighted by atomic mass is 9.94. The molecule has 0 spiro atoms. The molecule has 3 fully saturated rings. The van der Waals surface area contributed by atoms with E-state index >= 15 is 0 Å². The molecule has 1 unspecified atom stereocenters. The molecule has 0 bridgehead atoms. The van der Waals surface area contributed by atoms with Gasteiger partial charge in [0.1, 0.15) is 17.7 Å². The van der Waals surface area contributed by atoms with Gasteiger partial charge in [-0.3, -0.25) is 9.36 Å². The van der Waals surface area contributed by atoms with Crippen LogP contribution in [0.25, 0.3) is 11.2 Å². The van der Waals surface area contributed by atoms with E-state index in [2.05, 4.69) is 32.1 Å². The number of aromatic nitrogens is 4. The van der Waals surface area contributed by atoms with Crippen LogP contribution in [0.1, 0.15) is 44.2 Å². The number of ether oxygens (including phenoxy) is 2. The number of hydrogen-bond donors (Lipinski definition) is 4. The van der Waals surface area contributed by atoms with Crippen molar-refractivity contribution in [3.63, 3.8) is 0 Å². The molecule has 1 saturated carbocycles. The van der Waals surface area contributed by atoms with Crippen molar-refractivity contribution in [1.82, 2.24) is 29.7 Å². The van der Waals surface area contributed by atoms with Gasteiger partial charge in [0.2, 0.25) is 5.82 Å². The van der Waals surface area contributed by atoms with Crippen LogP contribution in [0.2, 0.25) is 0 Å². The summed E-state index contributed by atoms with van der Waals surface area (Å²) in [4.78, 5) is 38.6. The summed E-state index contributed by atoms with van der Waals surface area (Å²) in [6.45, 7) is 1.26. The van der Waals surface area contributed by atoms with Crippen LogP contribution in [-0.2, 0) is 14.3 Å². The number of nitrogen functional groups attached to an aromatic ring is 1. The summed E-state index contributed by atoms with van der Waals surface area (Å²) < 4.78 is 11.9. The molecule has 5 N–H and O–H groups in total. The molecule has 13 nitrogen and oxygen atoms in total. The molecule has 3 aliphatic rings. The third-order valence-electron chi connectivity index (χ3n) is 6.78. The Bertz CT molecular complexity index is 1210. The minimum Gasteiger partial charge on any atom is -0.453 e. The van der Waals surface area contributed by atoms with Crippen LogP contribution in [0.15, 0.2) is 6.33 Å². The van der Waals surface area contributed by atoms with Crippen molar-refractivity contribution >= 4 is 29.0 Å². The van der Waals surface area contributed by atoms with E-state index in [0.29, 0.717) is 30.9 Å². The number of nitrogens with zero attached hydrogens (tertiary/aromatic N) is 5. The Morgan fingerprint density at radius 2 is 1.97 bits per heavy atom. The van der Waals surface area contributed by atoms with Crippen LogP contribution >= 0.6 is 0 Å². The number of nitrogens with one attached hydrogen (secondary N) is 1. The van der Waals surface area contributed by atoms with E-state index in [4.69, 9.17) is 15.2 Å². The molecular weight excluding hydrogens is 470 g/mol. The highest BCUT2D eigenvalue weighted by Gasteiger charge is 2.48. The second kappa shape index (κ2) is 9.88. The lowest BCUT2D eigenvalue weighted by molar-refractivity contribution is -0.137. The maximum absolute atomic E-state index is 12.4. The van der Waals surface area contributed by atoms with E-state index in [-0.39, 0.29) is 29.4 Å². The van der Waals surface area contributed by atoms with E-state index in [1.54, 1.807) is 4.90 Å². The molecular formula is C23H29N7O6. The number of aliphatic hydroxyl groups excluding tert-OH is 2. The Hall–Kier alpha value is -3.47. The fourth-order valence-corrected chi connectivity index (χ4v) is 4.52. The highest BCUT2D eigenvalue weighted by atomic mass is 16.6. The molecule has 2 amide bonds. The number of amides is 2. The number of carbonyl (C=O) groups excluding carboxylic acids is 2. The van der Waals surface area contributed by atoms with E-state index < -0.39 is 30.4 Å². The number of anilines is 1. The summed E-state index contributed by atoms with van der Waals surface area (Å²) in [5.41, 5.74) is 6.65. The van der Waals surface area contributed by atoms with Crippen molar-refractivity contribution in [1.29, 1.82) is 0 Å². The predicted molar refractivity (Wildman–Crippen MR) is 125 cm³/mol. The summed E-state index contributed by atoms with van der Waals surface area (Å²) in [6, 6.07) is 0.0904. The average molecular weight is 500 g/mol. The van der Waals surface area contributed by atoms with Gasteiger partial charge in [-0.1, -0.05) is 5.92 Å². The molecule has 0 aromatic carbocycles. The zero-order valence-electron chi connectivity index (χ0n) is 19.8. The highest BCUT2D eigenvalue weighted by Crippen LogP contribution is 2.33. The molecule has 2 aromatic heterocycles. The molecule has 2 aliphatic heterocycles. The quantitative estimate of drug-likeness (QED) is 0.402. The predicted octanol–water partition coefficient (Wildman–Crippen LogP) is -0.474. The Morgan fingerprint density at radius 1 is 1.22 bits per heavy atom. The van der Waals surface area contributed by atoms with Gasteiger partial charge >= 0.3 is 6.09 Å². The van der Waals surface area contributed by atoms with Crippen molar-refractivity contribution in [3.05, 3.63) is 12.2 Å². The van der Waals surface area contributed by atoms with Gasteiger partial charge in [0, 0.05) is 25.6 Å². The summed E-state index contributed by atoms with van der Waals surface area (Å²) in [5.74, 6) is 6.21. The number of piperidine rings is 1. The number of methoxy groups -OCH3 is 1. The first-order valence-electron chi connectivity index (χ1n) is 12.0. The Balaban J connectivity index is 1.29. The molecule has 1 aliphatic carbocycles. The summed E-state index contributed by atoms with van der Waals surface area (Å²) in [5, 5.41) is 23.8. The van der Waals surface area contributed by atoms with Crippen LogP contribution in [-0.4, -0.2) is 91.2 Å². The topological polar surface area (TPSA) is 178 Å². The van der Waals surface area contributed by atoms with Gasteiger partial charge in [-0.25, -0.2) is 19.7 Å². The number of hydrogen-bond acceptors (Lipinski definition) is 10. The molecule has 2 aromatic rings. The summed E-state index contributed by atoms with van der Waals surface area (Å²) >= 11 is 0. The number of imidazole rings is 1. The first kappa shape index (κ1) is 24.2. The van der Waals surface area contributed by atoms with Gasteiger partial charge in [-0.2, -0.15) is 0 Å². The Kier molecular flexibility index (Phi) is 6.65. The zero-order valence-corrected chi connectivity index (χ0v) is 19.8. The van der Waals surface area contributed by atoms with Gasteiger partial charge in [0.15, 0.2) is 23.8 Å². The standard InChI is InChI=1S/C23H29N7O6/c1-35-23(34)29-9-7-12(8-10-29)3-2-4-14-27-19(24)15-20(28-14)30(11-25-15)22-17(32)16(31)18(36-22)21(33)26-13-5-6-13/h11-13,16-18,22,31-32H,3,5-10H2,1H3,(H,26,33)(H2,24,27,28)/t16?,17-,18-,22+/m0/s1. The smallest absolute Gasteiger partial charge is 0.409 e. The van der Waals surface area contributed by atoms with Crippen LogP contribution < -0.4 is 11.1 Å². The maximum Gasteiger partial charge on any atom is 0.409 e. The van der Waals surface area contributed by atoms with Crippen molar-refractivity contribution < 1.29 is 29.3 Å². The summed E-state index contributed by atoms with van der Waals surface area (Å²) in [7, 11) is 1.38. The number of likely N-dealkylation sites (tertiary alicyclic amines) is 1. The monoisotopic (exact) mass is 499 g/mol. The molecule has 4 atom stereocenters. The van der Waals surface area contributed by atoms with Gasteiger partial charge in [0.05, 0.1) is 13.4 Å². The van der Waals surface area contributed by atoms with Crippen LogP contribution in [0.3, 0.4) is 0 Å². The molecule has 36 heavy (non-hydrogen) atoms. The third-order valence-corrected chi connectivity index (χ3v) is 6.78. The normalized spacial score (nSPS) is 26.5. The number of nitrogens with two attached hydrogens (primary N) is 1. The molecule has 192 valence electrons. The molecule has 13 heteroatoms. The number of rotatable bonds is 4. The van der Waals surface area contributed by atoms with Gasteiger partial charge in [0.25, 0.3) is 5.91 Å². The summed E-state index contributed by atoms with van der Waals surface area (Å²) in [6.07, 6.45) is 0.0242. The third kappa shape index (κ3) is 4.79.